The topological polar surface area (TPSA) is 4.36 Å². The van der Waals surface area contributed by atoms with Crippen molar-refractivity contribution in [2.24, 2.45) is 0 Å². The van der Waals surface area contributed by atoms with Crippen LogP contribution in [-0.4, -0.2) is 0 Å². The first-order valence-corrected chi connectivity index (χ1v) is 3.72. The van der Waals surface area contributed by atoms with Gasteiger partial charge in [0, 0.05) is 20.4 Å². The molecule has 0 spiro atoms. The summed E-state index contributed by atoms with van der Waals surface area (Å²) in [5.41, 5.74) is 1.03. The van der Waals surface area contributed by atoms with Crippen LogP contribution in [0.25, 0.3) is 4.85 Å². The van der Waals surface area contributed by atoms with Crippen LogP contribution in [0.1, 0.15) is 19.4 Å². The molecule has 1 aromatic carbocycles. The van der Waals surface area contributed by atoms with Gasteiger partial charge in [-0.05, 0) is 0 Å². The van der Waals surface area contributed by atoms with Crippen molar-refractivity contribution in [3.8, 4) is 6.57 Å². The molecular formula is C10H13NRe. The van der Waals surface area contributed by atoms with E-state index in [1.807, 2.05) is 44.2 Å². The summed E-state index contributed by atoms with van der Waals surface area (Å²) < 4.78 is 0. The molecule has 0 saturated heterocycles. The Balaban J connectivity index is 0. The molecule has 0 aliphatic carbocycles. The van der Waals surface area contributed by atoms with Gasteiger partial charge in [0.1, 0.15) is 0 Å². The van der Waals surface area contributed by atoms with Crippen molar-refractivity contribution >= 4 is 0 Å². The van der Waals surface area contributed by atoms with Crippen LogP contribution in [0, 0.1) is 13.1 Å². The van der Waals surface area contributed by atoms with Crippen molar-refractivity contribution < 1.29 is 20.4 Å². The Morgan fingerprint density at radius 2 is 1.67 bits per heavy atom. The predicted molar refractivity (Wildman–Crippen MR) is 49.5 cm³/mol. The fourth-order valence-corrected chi connectivity index (χ4v) is 0.625. The van der Waals surface area contributed by atoms with Crippen LogP contribution in [0.4, 0.5) is 0 Å². The van der Waals surface area contributed by atoms with Crippen molar-refractivity contribution in [2.75, 3.05) is 0 Å². The first-order chi connectivity index (χ1) is 5.43. The molecule has 0 bridgehead atoms. The van der Waals surface area contributed by atoms with Crippen LogP contribution in [0.3, 0.4) is 0 Å². The summed E-state index contributed by atoms with van der Waals surface area (Å²) >= 11 is 0. The van der Waals surface area contributed by atoms with Gasteiger partial charge in [0.25, 0.3) is 0 Å². The van der Waals surface area contributed by atoms with Gasteiger partial charge in [0.2, 0.25) is 6.54 Å². The minimum absolute atomic E-state index is 0. The molecule has 1 aromatic rings. The molecule has 0 amide bonds. The average Bonchev–Trinajstić information content (AvgIpc) is 2.11. The Hall–Kier alpha value is -0.758. The number of rotatable bonds is 1. The maximum Gasteiger partial charge on any atom is 0.221 e. The molecule has 0 atom stereocenters. The van der Waals surface area contributed by atoms with Crippen molar-refractivity contribution in [2.45, 2.75) is 13.8 Å². The van der Waals surface area contributed by atoms with E-state index in [1.165, 1.54) is 0 Å². The third-order valence-corrected chi connectivity index (χ3v) is 1.02. The Kier molecular flexibility index (Phi) is 11.8. The van der Waals surface area contributed by atoms with E-state index < -0.39 is 0 Å². The van der Waals surface area contributed by atoms with E-state index in [9.17, 15) is 0 Å². The van der Waals surface area contributed by atoms with Gasteiger partial charge < -0.3 is 0 Å². The van der Waals surface area contributed by atoms with Crippen LogP contribution in [0.2, 0.25) is 0 Å². The Bertz CT molecular complexity index is 213. The molecule has 0 aliphatic rings. The second-order valence-corrected chi connectivity index (χ2v) is 1.69. The van der Waals surface area contributed by atoms with Gasteiger partial charge in [-0.15, -0.1) is 29.1 Å². The molecule has 65 valence electrons. The molecule has 0 aromatic heterocycles. The minimum Gasteiger partial charge on any atom is -0.149 e. The maximum atomic E-state index is 4.93. The van der Waals surface area contributed by atoms with Crippen molar-refractivity contribution in [3.05, 3.63) is 47.3 Å². The summed E-state index contributed by atoms with van der Waals surface area (Å²) in [5, 5.41) is 0. The van der Waals surface area contributed by atoms with E-state index in [1.54, 1.807) is 6.54 Å². The third-order valence-electron chi connectivity index (χ3n) is 1.02. The summed E-state index contributed by atoms with van der Waals surface area (Å²) in [5.74, 6) is 0. The zero-order valence-corrected chi connectivity index (χ0v) is 10.1. The van der Waals surface area contributed by atoms with Crippen molar-refractivity contribution in [1.29, 1.82) is 0 Å². The summed E-state index contributed by atoms with van der Waals surface area (Å²) in [6.07, 6.45) is 0. The van der Waals surface area contributed by atoms with Gasteiger partial charge >= 0.3 is 0 Å². The molecule has 0 N–H and O–H groups in total. The number of hydrogen-bond acceptors (Lipinski definition) is 0. The van der Waals surface area contributed by atoms with Crippen molar-refractivity contribution in [1.82, 2.24) is 0 Å². The smallest absolute Gasteiger partial charge is 0.149 e. The second-order valence-electron chi connectivity index (χ2n) is 1.69. The normalized spacial score (nSPS) is 6.42. The van der Waals surface area contributed by atoms with Gasteiger partial charge in [0.05, 0.1) is 0 Å². The van der Waals surface area contributed by atoms with Gasteiger partial charge in [-0.2, -0.15) is 0 Å². The number of nitrogens with zero attached hydrogens (tertiary/aromatic N) is 1. The molecule has 12 heavy (non-hydrogen) atoms. The largest absolute Gasteiger partial charge is 0.221 e. The first kappa shape index (κ1) is 13.8. The maximum absolute atomic E-state index is 4.93. The molecule has 0 aliphatic heterocycles. The molecule has 1 nitrogen and oxygen atoms in total. The molecule has 1 radical (unpaired) electrons. The predicted octanol–water partition coefficient (Wildman–Crippen LogP) is 3.18. The van der Waals surface area contributed by atoms with Crippen LogP contribution in [-0.2, 0) is 20.4 Å². The molecule has 0 saturated carbocycles. The third kappa shape index (κ3) is 5.99. The Morgan fingerprint density at radius 1 is 1.17 bits per heavy atom. The van der Waals surface area contributed by atoms with Crippen LogP contribution >= 0.6 is 0 Å². The monoisotopic (exact) mass is 334 g/mol. The molecule has 2 heteroatoms. The fraction of sp³-hybridized carbons (Fsp3) is 0.200. The standard InChI is InChI=1S/C8H7N.C2H6.Re/c1-9-7-8-5-3-2-4-6-8;1-2;/h1-7H;1-2H3;. The Labute approximate surface area is 88.3 Å². The molecule has 1 rings (SSSR count). The molecular weight excluding hydrogens is 320 g/mol. The summed E-state index contributed by atoms with van der Waals surface area (Å²) in [4.78, 5) is 3.38. The van der Waals surface area contributed by atoms with Gasteiger partial charge in [-0.3, -0.25) is 0 Å². The van der Waals surface area contributed by atoms with Gasteiger partial charge in [-0.25, -0.2) is 0 Å². The Morgan fingerprint density at radius 3 is 2.08 bits per heavy atom. The summed E-state index contributed by atoms with van der Waals surface area (Å²) in [7, 11) is 0. The van der Waals surface area contributed by atoms with Crippen LogP contribution in [0.15, 0.2) is 30.3 Å². The summed E-state index contributed by atoms with van der Waals surface area (Å²) in [6, 6.07) is 9.72. The van der Waals surface area contributed by atoms with E-state index in [0.717, 1.165) is 5.56 Å². The molecule has 0 unspecified atom stereocenters. The van der Waals surface area contributed by atoms with E-state index in [2.05, 4.69) is 4.85 Å². The zero-order chi connectivity index (χ0) is 8.53. The SMILES string of the molecule is C#[N+][CH-]c1ccccc1.CC.[Re]. The molecule has 0 fully saturated rings. The van der Waals surface area contributed by atoms with E-state index in [0.29, 0.717) is 0 Å². The first-order valence-electron chi connectivity index (χ1n) is 3.72. The van der Waals surface area contributed by atoms with Crippen molar-refractivity contribution in [3.63, 3.8) is 0 Å². The van der Waals surface area contributed by atoms with Crippen LogP contribution in [0.5, 0.6) is 0 Å². The number of hydrogen-bond donors (Lipinski definition) is 0. The number of benzene rings is 1. The second kappa shape index (κ2) is 10.2. The van der Waals surface area contributed by atoms with Gasteiger partial charge in [-0.1, -0.05) is 25.5 Å². The summed E-state index contributed by atoms with van der Waals surface area (Å²) in [6.45, 7) is 10.5. The van der Waals surface area contributed by atoms with E-state index in [4.69, 9.17) is 6.57 Å². The van der Waals surface area contributed by atoms with E-state index in [-0.39, 0.29) is 20.4 Å². The molecule has 0 heterocycles. The quantitative estimate of drug-likeness (QED) is 0.695. The van der Waals surface area contributed by atoms with Gasteiger partial charge in [0.15, 0.2) is 6.57 Å². The minimum atomic E-state index is 0. The average molecular weight is 333 g/mol. The fourth-order valence-electron chi connectivity index (χ4n) is 0.625. The zero-order valence-electron chi connectivity index (χ0n) is 7.37. The van der Waals surface area contributed by atoms with Crippen LogP contribution < -0.4 is 0 Å². The van der Waals surface area contributed by atoms with E-state index >= 15 is 0 Å².